The van der Waals surface area contributed by atoms with Crippen molar-refractivity contribution in [1.82, 2.24) is 15.5 Å². The highest BCUT2D eigenvalue weighted by Crippen LogP contribution is 2.17. The van der Waals surface area contributed by atoms with Gasteiger partial charge in [0, 0.05) is 18.7 Å². The summed E-state index contributed by atoms with van der Waals surface area (Å²) in [6, 6.07) is 6.69. The van der Waals surface area contributed by atoms with E-state index in [9.17, 15) is 9.59 Å². The third-order valence-corrected chi connectivity index (χ3v) is 3.78. The molecular formula is C15H19N5O3S. The van der Waals surface area contributed by atoms with Crippen LogP contribution < -0.4 is 20.7 Å². The van der Waals surface area contributed by atoms with Gasteiger partial charge in [0.15, 0.2) is 0 Å². The Labute approximate surface area is 143 Å². The number of nitrogens with zero attached hydrogens (tertiary/aromatic N) is 2. The van der Waals surface area contributed by atoms with Crippen molar-refractivity contribution in [1.29, 1.82) is 0 Å². The number of rotatable bonds is 7. The van der Waals surface area contributed by atoms with Crippen molar-refractivity contribution < 1.29 is 14.3 Å². The minimum absolute atomic E-state index is 0.145. The Bertz CT molecular complexity index is 704. The number of carbonyl (C=O) groups is 2. The van der Waals surface area contributed by atoms with Crippen LogP contribution in [0.1, 0.15) is 18.9 Å². The molecule has 0 aliphatic heterocycles. The minimum atomic E-state index is -0.357. The summed E-state index contributed by atoms with van der Waals surface area (Å²) in [4.78, 5) is 22.7. The summed E-state index contributed by atoms with van der Waals surface area (Å²) in [5.74, 6) is 0.466. The number of carbonyl (C=O) groups excluding carboxylic acids is 2. The van der Waals surface area contributed by atoms with Crippen LogP contribution in [0.25, 0.3) is 0 Å². The molecule has 24 heavy (non-hydrogen) atoms. The Hall–Kier alpha value is -2.68. The third kappa shape index (κ3) is 5.84. The van der Waals surface area contributed by atoms with E-state index in [2.05, 4.69) is 26.1 Å². The number of benzene rings is 1. The summed E-state index contributed by atoms with van der Waals surface area (Å²) in [5.41, 5.74) is 0.661. The molecule has 0 aliphatic carbocycles. The van der Waals surface area contributed by atoms with Gasteiger partial charge in [-0.05, 0) is 18.6 Å². The first kappa shape index (κ1) is 17.7. The lowest BCUT2D eigenvalue weighted by Crippen LogP contribution is -2.32. The van der Waals surface area contributed by atoms with Crippen molar-refractivity contribution in [2.75, 3.05) is 23.8 Å². The zero-order valence-electron chi connectivity index (χ0n) is 13.5. The van der Waals surface area contributed by atoms with E-state index in [0.717, 1.165) is 11.4 Å². The molecule has 128 valence electrons. The topological polar surface area (TPSA) is 105 Å². The van der Waals surface area contributed by atoms with Crippen LogP contribution in [0.4, 0.5) is 15.6 Å². The van der Waals surface area contributed by atoms with Crippen LogP contribution in [-0.4, -0.2) is 35.3 Å². The highest BCUT2D eigenvalue weighted by atomic mass is 32.1. The SMILES string of the molecule is CCc1nnc(NC(=O)NCCOc2cccc(NC(C)=O)c2)s1. The van der Waals surface area contributed by atoms with Crippen LogP contribution in [-0.2, 0) is 11.2 Å². The molecule has 1 aromatic heterocycles. The molecule has 2 rings (SSSR count). The van der Waals surface area contributed by atoms with Crippen molar-refractivity contribution >= 4 is 34.1 Å². The van der Waals surface area contributed by atoms with Crippen LogP contribution >= 0.6 is 11.3 Å². The first-order chi connectivity index (χ1) is 11.6. The number of hydrogen-bond acceptors (Lipinski definition) is 6. The van der Waals surface area contributed by atoms with E-state index in [1.54, 1.807) is 24.3 Å². The van der Waals surface area contributed by atoms with Gasteiger partial charge in [-0.25, -0.2) is 4.79 Å². The fourth-order valence-electron chi connectivity index (χ4n) is 1.79. The van der Waals surface area contributed by atoms with Gasteiger partial charge in [-0.15, -0.1) is 10.2 Å². The Morgan fingerprint density at radius 2 is 2.08 bits per heavy atom. The number of anilines is 2. The molecule has 3 amide bonds. The van der Waals surface area contributed by atoms with E-state index < -0.39 is 0 Å². The van der Waals surface area contributed by atoms with E-state index in [1.807, 2.05) is 6.92 Å². The number of hydrogen-bond donors (Lipinski definition) is 3. The van der Waals surface area contributed by atoms with Gasteiger partial charge in [-0.3, -0.25) is 10.1 Å². The van der Waals surface area contributed by atoms with Gasteiger partial charge in [0.05, 0.1) is 6.54 Å². The monoisotopic (exact) mass is 349 g/mol. The lowest BCUT2D eigenvalue weighted by Gasteiger charge is -2.09. The molecule has 9 heteroatoms. The second-order valence-electron chi connectivity index (χ2n) is 4.79. The maximum absolute atomic E-state index is 11.7. The van der Waals surface area contributed by atoms with Crippen LogP contribution in [0.15, 0.2) is 24.3 Å². The number of urea groups is 1. The van der Waals surface area contributed by atoms with E-state index in [0.29, 0.717) is 29.7 Å². The summed E-state index contributed by atoms with van der Waals surface area (Å²) < 4.78 is 5.53. The van der Waals surface area contributed by atoms with Crippen molar-refractivity contribution in [3.8, 4) is 5.75 Å². The molecule has 0 spiro atoms. The molecule has 8 nitrogen and oxygen atoms in total. The largest absolute Gasteiger partial charge is 0.492 e. The standard InChI is InChI=1S/C15H19N5O3S/c1-3-13-19-20-15(24-13)18-14(22)16-7-8-23-12-6-4-5-11(9-12)17-10(2)21/h4-6,9H,3,7-8H2,1-2H3,(H,17,21)(H2,16,18,20,22). The Morgan fingerprint density at radius 3 is 2.79 bits per heavy atom. The van der Waals surface area contributed by atoms with Crippen LogP contribution in [0.3, 0.4) is 0 Å². The zero-order chi connectivity index (χ0) is 17.4. The van der Waals surface area contributed by atoms with Crippen LogP contribution in [0.5, 0.6) is 5.75 Å². The van der Waals surface area contributed by atoms with Gasteiger partial charge in [-0.1, -0.05) is 24.3 Å². The van der Waals surface area contributed by atoms with Gasteiger partial charge in [-0.2, -0.15) is 0 Å². The fraction of sp³-hybridized carbons (Fsp3) is 0.333. The van der Waals surface area contributed by atoms with Gasteiger partial charge >= 0.3 is 6.03 Å². The van der Waals surface area contributed by atoms with Crippen molar-refractivity contribution in [2.45, 2.75) is 20.3 Å². The normalized spacial score (nSPS) is 10.1. The average Bonchev–Trinajstić information content (AvgIpc) is 2.99. The number of nitrogens with one attached hydrogen (secondary N) is 3. The van der Waals surface area contributed by atoms with Gasteiger partial charge in [0.2, 0.25) is 11.0 Å². The number of aromatic nitrogens is 2. The average molecular weight is 349 g/mol. The number of aryl methyl sites for hydroxylation is 1. The molecule has 0 saturated heterocycles. The van der Waals surface area contributed by atoms with E-state index in [-0.39, 0.29) is 11.9 Å². The maximum atomic E-state index is 11.7. The van der Waals surface area contributed by atoms with Gasteiger partial charge in [0.1, 0.15) is 17.4 Å². The molecule has 2 aromatic rings. The summed E-state index contributed by atoms with van der Waals surface area (Å²) >= 11 is 1.34. The second kappa shape index (κ2) is 8.82. The van der Waals surface area contributed by atoms with Crippen LogP contribution in [0.2, 0.25) is 0 Å². The molecule has 0 bridgehead atoms. The van der Waals surface area contributed by atoms with Gasteiger partial charge < -0.3 is 15.4 Å². The molecule has 0 radical (unpaired) electrons. The Kier molecular flexibility index (Phi) is 6.50. The predicted molar refractivity (Wildman–Crippen MR) is 92.5 cm³/mol. The molecule has 1 heterocycles. The molecule has 0 atom stereocenters. The highest BCUT2D eigenvalue weighted by molar-refractivity contribution is 7.15. The molecule has 0 aliphatic rings. The second-order valence-corrected chi connectivity index (χ2v) is 5.85. The lowest BCUT2D eigenvalue weighted by atomic mass is 10.3. The fourth-order valence-corrected chi connectivity index (χ4v) is 2.46. The number of ether oxygens (including phenoxy) is 1. The highest BCUT2D eigenvalue weighted by Gasteiger charge is 2.06. The first-order valence-electron chi connectivity index (χ1n) is 7.44. The Morgan fingerprint density at radius 1 is 1.25 bits per heavy atom. The maximum Gasteiger partial charge on any atom is 0.321 e. The summed E-state index contributed by atoms with van der Waals surface area (Å²) in [6.07, 6.45) is 0.784. The third-order valence-electron chi connectivity index (χ3n) is 2.80. The number of amides is 3. The van der Waals surface area contributed by atoms with E-state index in [1.165, 1.54) is 18.3 Å². The minimum Gasteiger partial charge on any atom is -0.492 e. The summed E-state index contributed by atoms with van der Waals surface area (Å²) in [5, 5.41) is 17.1. The quantitative estimate of drug-likeness (QED) is 0.665. The molecule has 1 aromatic carbocycles. The molecule has 0 unspecified atom stereocenters. The smallest absolute Gasteiger partial charge is 0.321 e. The van der Waals surface area contributed by atoms with Crippen molar-refractivity contribution in [3.05, 3.63) is 29.3 Å². The van der Waals surface area contributed by atoms with E-state index in [4.69, 9.17) is 4.74 Å². The zero-order valence-corrected chi connectivity index (χ0v) is 14.3. The van der Waals surface area contributed by atoms with Gasteiger partial charge in [0.25, 0.3) is 0 Å². The van der Waals surface area contributed by atoms with Crippen LogP contribution in [0, 0.1) is 0 Å². The predicted octanol–water partition coefficient (Wildman–Crippen LogP) is 2.26. The molecule has 0 fully saturated rings. The Balaban J connectivity index is 1.70. The first-order valence-corrected chi connectivity index (χ1v) is 8.26. The summed E-state index contributed by atoms with van der Waals surface area (Å²) in [7, 11) is 0. The molecule has 0 saturated carbocycles. The molecular weight excluding hydrogens is 330 g/mol. The lowest BCUT2D eigenvalue weighted by molar-refractivity contribution is -0.114. The summed E-state index contributed by atoms with van der Waals surface area (Å²) in [6.45, 7) is 4.04. The van der Waals surface area contributed by atoms with E-state index >= 15 is 0 Å². The van der Waals surface area contributed by atoms with Crippen molar-refractivity contribution in [2.24, 2.45) is 0 Å². The van der Waals surface area contributed by atoms with Crippen molar-refractivity contribution in [3.63, 3.8) is 0 Å². The molecule has 3 N–H and O–H groups in total.